The van der Waals surface area contributed by atoms with Crippen LogP contribution in [0.25, 0.3) is 0 Å². The van der Waals surface area contributed by atoms with E-state index in [1.54, 1.807) is 0 Å². The average molecular weight is 224 g/mol. The van der Waals surface area contributed by atoms with Crippen molar-refractivity contribution in [2.24, 2.45) is 0 Å². The Morgan fingerprint density at radius 2 is 1.47 bits per heavy atom. The van der Waals surface area contributed by atoms with E-state index in [1.165, 1.54) is 5.56 Å². The fraction of sp³-hybridized carbons (Fsp3) is 0.188. The smallest absolute Gasteiger partial charge is 0.127 e. The Balaban J connectivity index is 2.00. The number of rotatable bonds is 5. The molecule has 0 heterocycles. The normalized spacial score (nSPS) is 12.0. The van der Waals surface area contributed by atoms with Gasteiger partial charge in [0.15, 0.2) is 0 Å². The van der Waals surface area contributed by atoms with Crippen molar-refractivity contribution in [3.05, 3.63) is 71.8 Å². The molecule has 0 radical (unpaired) electrons. The van der Waals surface area contributed by atoms with Crippen LogP contribution in [0, 0.1) is 0 Å². The minimum atomic E-state index is 0.0106. The molecule has 0 N–H and O–H groups in total. The standard InChI is InChI=1S/C16H16O/c17-13-16(15-9-5-2-6-10-15)12-11-14-7-3-1-4-8-14/h1-10,13,16H,11-12H2. The van der Waals surface area contributed by atoms with Gasteiger partial charge in [0.25, 0.3) is 0 Å². The maximum Gasteiger partial charge on any atom is 0.127 e. The lowest BCUT2D eigenvalue weighted by atomic mass is 9.94. The lowest BCUT2D eigenvalue weighted by Crippen LogP contribution is -2.02. The van der Waals surface area contributed by atoms with Crippen molar-refractivity contribution in [2.45, 2.75) is 18.8 Å². The first kappa shape index (κ1) is 11.6. The number of benzene rings is 2. The third-order valence-electron chi connectivity index (χ3n) is 2.98. The summed E-state index contributed by atoms with van der Waals surface area (Å²) in [5.41, 5.74) is 2.40. The summed E-state index contributed by atoms with van der Waals surface area (Å²) in [6.07, 6.45) is 2.87. The topological polar surface area (TPSA) is 17.1 Å². The fourth-order valence-corrected chi connectivity index (χ4v) is 1.98. The fourth-order valence-electron chi connectivity index (χ4n) is 1.98. The molecule has 0 spiro atoms. The quantitative estimate of drug-likeness (QED) is 0.709. The van der Waals surface area contributed by atoms with Crippen molar-refractivity contribution in [1.29, 1.82) is 0 Å². The van der Waals surface area contributed by atoms with Gasteiger partial charge >= 0.3 is 0 Å². The van der Waals surface area contributed by atoms with Gasteiger partial charge in [-0.25, -0.2) is 0 Å². The van der Waals surface area contributed by atoms with Crippen LogP contribution in [0.5, 0.6) is 0 Å². The molecule has 1 heteroatoms. The molecule has 0 saturated carbocycles. The first-order valence-corrected chi connectivity index (χ1v) is 5.94. The Bertz CT molecular complexity index is 447. The highest BCUT2D eigenvalue weighted by Crippen LogP contribution is 2.19. The number of carbonyl (C=O) groups excluding carboxylic acids is 1. The summed E-state index contributed by atoms with van der Waals surface area (Å²) in [5, 5.41) is 0. The molecule has 0 aromatic heterocycles. The van der Waals surface area contributed by atoms with Crippen LogP contribution in [-0.4, -0.2) is 6.29 Å². The first-order chi connectivity index (χ1) is 8.40. The van der Waals surface area contributed by atoms with Gasteiger partial charge in [0.2, 0.25) is 0 Å². The summed E-state index contributed by atoms with van der Waals surface area (Å²) >= 11 is 0. The van der Waals surface area contributed by atoms with Crippen molar-refractivity contribution < 1.29 is 4.79 Å². The maximum atomic E-state index is 11.1. The summed E-state index contributed by atoms with van der Waals surface area (Å²) in [5.74, 6) is 0.0106. The van der Waals surface area contributed by atoms with E-state index in [-0.39, 0.29) is 5.92 Å². The van der Waals surface area contributed by atoms with E-state index in [9.17, 15) is 4.79 Å². The van der Waals surface area contributed by atoms with E-state index in [4.69, 9.17) is 0 Å². The van der Waals surface area contributed by atoms with Crippen molar-refractivity contribution in [3.63, 3.8) is 0 Å². The van der Waals surface area contributed by atoms with Crippen LogP contribution in [0.4, 0.5) is 0 Å². The molecule has 2 aromatic carbocycles. The van der Waals surface area contributed by atoms with E-state index >= 15 is 0 Å². The zero-order chi connectivity index (χ0) is 11.9. The summed E-state index contributed by atoms with van der Waals surface area (Å²) in [6, 6.07) is 20.3. The highest BCUT2D eigenvalue weighted by molar-refractivity contribution is 5.62. The van der Waals surface area contributed by atoms with E-state index in [2.05, 4.69) is 12.1 Å². The Kier molecular flexibility index (Phi) is 4.09. The van der Waals surface area contributed by atoms with Crippen LogP contribution in [0.1, 0.15) is 23.5 Å². The van der Waals surface area contributed by atoms with Crippen LogP contribution < -0.4 is 0 Å². The van der Waals surface area contributed by atoms with Gasteiger partial charge in [0, 0.05) is 5.92 Å². The van der Waals surface area contributed by atoms with Gasteiger partial charge in [0.1, 0.15) is 6.29 Å². The molecule has 0 bridgehead atoms. The zero-order valence-corrected chi connectivity index (χ0v) is 9.75. The molecule has 1 nitrogen and oxygen atoms in total. The second kappa shape index (κ2) is 6.00. The van der Waals surface area contributed by atoms with Gasteiger partial charge in [-0.3, -0.25) is 0 Å². The van der Waals surface area contributed by atoms with E-state index < -0.39 is 0 Å². The molecule has 2 aromatic rings. The predicted octanol–water partition coefficient (Wildman–Crippen LogP) is 3.60. The number of aryl methyl sites for hydroxylation is 1. The molecule has 0 aliphatic rings. The van der Waals surface area contributed by atoms with Gasteiger partial charge in [0.05, 0.1) is 0 Å². The lowest BCUT2D eigenvalue weighted by Gasteiger charge is -2.10. The van der Waals surface area contributed by atoms with Crippen LogP contribution in [-0.2, 0) is 11.2 Å². The van der Waals surface area contributed by atoms with E-state index in [0.29, 0.717) is 0 Å². The minimum absolute atomic E-state index is 0.0106. The van der Waals surface area contributed by atoms with Crippen LogP contribution >= 0.6 is 0 Å². The molecule has 0 saturated heterocycles. The van der Waals surface area contributed by atoms with Crippen LogP contribution in [0.2, 0.25) is 0 Å². The first-order valence-electron chi connectivity index (χ1n) is 5.94. The van der Waals surface area contributed by atoms with Crippen molar-refractivity contribution in [3.8, 4) is 0 Å². The Hall–Kier alpha value is -1.89. The molecular formula is C16H16O. The molecule has 1 atom stereocenters. The summed E-state index contributed by atoms with van der Waals surface area (Å²) in [7, 11) is 0. The molecule has 2 rings (SSSR count). The van der Waals surface area contributed by atoms with E-state index in [1.807, 2.05) is 48.5 Å². The summed E-state index contributed by atoms with van der Waals surface area (Å²) in [4.78, 5) is 11.1. The van der Waals surface area contributed by atoms with Gasteiger partial charge in [-0.1, -0.05) is 60.7 Å². The number of hydrogen-bond acceptors (Lipinski definition) is 1. The average Bonchev–Trinajstić information content (AvgIpc) is 2.42. The molecule has 0 aliphatic heterocycles. The Morgan fingerprint density at radius 1 is 0.882 bits per heavy atom. The van der Waals surface area contributed by atoms with Gasteiger partial charge in [-0.05, 0) is 24.0 Å². The Morgan fingerprint density at radius 3 is 2.06 bits per heavy atom. The third kappa shape index (κ3) is 3.28. The van der Waals surface area contributed by atoms with Crippen LogP contribution in [0.3, 0.4) is 0 Å². The van der Waals surface area contributed by atoms with Gasteiger partial charge in [-0.2, -0.15) is 0 Å². The molecule has 0 amide bonds. The molecule has 1 unspecified atom stereocenters. The van der Waals surface area contributed by atoms with Gasteiger partial charge in [-0.15, -0.1) is 0 Å². The second-order valence-corrected chi connectivity index (χ2v) is 4.18. The number of hydrogen-bond donors (Lipinski definition) is 0. The van der Waals surface area contributed by atoms with E-state index in [0.717, 1.165) is 24.7 Å². The Labute approximate surface area is 102 Å². The summed E-state index contributed by atoms with van der Waals surface area (Å²) < 4.78 is 0. The molecule has 0 aliphatic carbocycles. The molecule has 86 valence electrons. The highest BCUT2D eigenvalue weighted by atomic mass is 16.1. The SMILES string of the molecule is O=CC(CCc1ccccc1)c1ccccc1. The predicted molar refractivity (Wildman–Crippen MR) is 70.0 cm³/mol. The lowest BCUT2D eigenvalue weighted by molar-refractivity contribution is -0.109. The number of aldehydes is 1. The summed E-state index contributed by atoms with van der Waals surface area (Å²) in [6.45, 7) is 0. The van der Waals surface area contributed by atoms with Crippen molar-refractivity contribution in [2.75, 3.05) is 0 Å². The molecule has 0 fully saturated rings. The second-order valence-electron chi connectivity index (χ2n) is 4.18. The molecular weight excluding hydrogens is 208 g/mol. The van der Waals surface area contributed by atoms with Gasteiger partial charge < -0.3 is 4.79 Å². The largest absolute Gasteiger partial charge is 0.303 e. The number of carbonyl (C=O) groups is 1. The van der Waals surface area contributed by atoms with Crippen molar-refractivity contribution >= 4 is 6.29 Å². The zero-order valence-electron chi connectivity index (χ0n) is 9.75. The third-order valence-corrected chi connectivity index (χ3v) is 2.98. The molecule has 17 heavy (non-hydrogen) atoms. The minimum Gasteiger partial charge on any atom is -0.303 e. The highest BCUT2D eigenvalue weighted by Gasteiger charge is 2.09. The van der Waals surface area contributed by atoms with Crippen LogP contribution in [0.15, 0.2) is 60.7 Å². The monoisotopic (exact) mass is 224 g/mol. The maximum absolute atomic E-state index is 11.1. The van der Waals surface area contributed by atoms with Crippen molar-refractivity contribution in [1.82, 2.24) is 0 Å².